The summed E-state index contributed by atoms with van der Waals surface area (Å²) in [5.41, 5.74) is 3.53. The van der Waals surface area contributed by atoms with Gasteiger partial charge >= 0.3 is 0 Å². The SMILES string of the molecule is Cc1ccc(-n2ncc(C(=O)N(C)Cc3ccco3)c2C2CC2)cc1Cl. The zero-order chi connectivity index (χ0) is 18.3. The minimum atomic E-state index is -0.0484. The lowest BCUT2D eigenvalue weighted by atomic mass is 10.1. The van der Waals surface area contributed by atoms with Gasteiger partial charge in [0.15, 0.2) is 0 Å². The fourth-order valence-corrected chi connectivity index (χ4v) is 3.28. The highest BCUT2D eigenvalue weighted by atomic mass is 35.5. The summed E-state index contributed by atoms with van der Waals surface area (Å²) >= 11 is 6.28. The molecule has 0 N–H and O–H groups in total. The van der Waals surface area contributed by atoms with Gasteiger partial charge < -0.3 is 9.32 Å². The molecule has 1 fully saturated rings. The Kier molecular flexibility index (Phi) is 4.32. The van der Waals surface area contributed by atoms with Crippen LogP contribution in [0.25, 0.3) is 5.69 Å². The number of carbonyl (C=O) groups excluding carboxylic acids is 1. The first-order chi connectivity index (χ1) is 12.5. The van der Waals surface area contributed by atoms with Crippen LogP contribution < -0.4 is 0 Å². The van der Waals surface area contributed by atoms with E-state index in [2.05, 4.69) is 5.10 Å². The molecular formula is C20H20ClN3O2. The third-order valence-electron chi connectivity index (χ3n) is 4.72. The lowest BCUT2D eigenvalue weighted by Gasteiger charge is -2.16. The number of nitrogens with zero attached hydrogens (tertiary/aromatic N) is 3. The van der Waals surface area contributed by atoms with E-state index in [1.807, 2.05) is 41.9 Å². The molecule has 134 valence electrons. The molecule has 0 unspecified atom stereocenters. The van der Waals surface area contributed by atoms with Gasteiger partial charge in [-0.1, -0.05) is 17.7 Å². The van der Waals surface area contributed by atoms with Crippen molar-refractivity contribution in [1.29, 1.82) is 0 Å². The van der Waals surface area contributed by atoms with Crippen molar-refractivity contribution in [2.75, 3.05) is 7.05 Å². The molecule has 5 nitrogen and oxygen atoms in total. The second-order valence-corrected chi connectivity index (χ2v) is 7.21. The van der Waals surface area contributed by atoms with Gasteiger partial charge in [0, 0.05) is 18.0 Å². The quantitative estimate of drug-likeness (QED) is 0.661. The predicted molar refractivity (Wildman–Crippen MR) is 99.8 cm³/mol. The number of aromatic nitrogens is 2. The van der Waals surface area contributed by atoms with Gasteiger partial charge in [-0.3, -0.25) is 4.79 Å². The Bertz CT molecular complexity index is 942. The summed E-state index contributed by atoms with van der Waals surface area (Å²) in [7, 11) is 1.78. The maximum atomic E-state index is 13.0. The Labute approximate surface area is 157 Å². The number of hydrogen-bond acceptors (Lipinski definition) is 3. The summed E-state index contributed by atoms with van der Waals surface area (Å²) in [4.78, 5) is 14.7. The molecule has 3 aromatic rings. The molecule has 6 heteroatoms. The molecule has 1 aromatic carbocycles. The van der Waals surface area contributed by atoms with E-state index in [0.29, 0.717) is 23.0 Å². The minimum absolute atomic E-state index is 0.0484. The number of benzene rings is 1. The predicted octanol–water partition coefficient (Wildman–Crippen LogP) is 4.58. The van der Waals surface area contributed by atoms with Crippen LogP contribution in [0.3, 0.4) is 0 Å². The molecule has 0 aliphatic heterocycles. The van der Waals surface area contributed by atoms with Crippen LogP contribution in [0.5, 0.6) is 0 Å². The summed E-state index contributed by atoms with van der Waals surface area (Å²) < 4.78 is 7.21. The summed E-state index contributed by atoms with van der Waals surface area (Å²) in [5, 5.41) is 5.20. The Balaban J connectivity index is 1.67. The van der Waals surface area contributed by atoms with Gasteiger partial charge in [0.1, 0.15) is 5.76 Å². The largest absolute Gasteiger partial charge is 0.467 e. The lowest BCUT2D eigenvalue weighted by Crippen LogP contribution is -2.26. The van der Waals surface area contributed by atoms with E-state index >= 15 is 0 Å². The Hall–Kier alpha value is -2.53. The van der Waals surface area contributed by atoms with Crippen LogP contribution in [-0.4, -0.2) is 27.6 Å². The van der Waals surface area contributed by atoms with Crippen molar-refractivity contribution in [2.45, 2.75) is 32.2 Å². The molecule has 1 aliphatic carbocycles. The normalized spacial score (nSPS) is 13.8. The highest BCUT2D eigenvalue weighted by molar-refractivity contribution is 6.31. The van der Waals surface area contributed by atoms with Crippen LogP contribution in [0, 0.1) is 6.92 Å². The van der Waals surface area contributed by atoms with E-state index in [9.17, 15) is 4.79 Å². The summed E-state index contributed by atoms with van der Waals surface area (Å²) in [6.07, 6.45) is 5.44. The molecule has 26 heavy (non-hydrogen) atoms. The first-order valence-electron chi connectivity index (χ1n) is 8.67. The summed E-state index contributed by atoms with van der Waals surface area (Å²) in [6.45, 7) is 2.40. The molecule has 0 atom stereocenters. The second kappa shape index (κ2) is 6.65. The first kappa shape index (κ1) is 16.9. The summed E-state index contributed by atoms with van der Waals surface area (Å²) in [6, 6.07) is 9.55. The van der Waals surface area contributed by atoms with Gasteiger partial charge in [-0.05, 0) is 49.6 Å². The lowest BCUT2D eigenvalue weighted by molar-refractivity contribution is 0.0774. The monoisotopic (exact) mass is 369 g/mol. The molecule has 0 spiro atoms. The number of hydrogen-bond donors (Lipinski definition) is 0. The van der Waals surface area contributed by atoms with E-state index in [0.717, 1.165) is 35.5 Å². The Morgan fingerprint density at radius 1 is 1.38 bits per heavy atom. The van der Waals surface area contributed by atoms with Crippen LogP contribution >= 0.6 is 11.6 Å². The molecule has 2 aromatic heterocycles. The van der Waals surface area contributed by atoms with Gasteiger partial charge in [0.25, 0.3) is 5.91 Å². The van der Waals surface area contributed by atoms with Crippen molar-refractivity contribution >= 4 is 17.5 Å². The van der Waals surface area contributed by atoms with E-state index < -0.39 is 0 Å². The molecule has 0 radical (unpaired) electrons. The first-order valence-corrected chi connectivity index (χ1v) is 9.04. The number of rotatable bonds is 5. The van der Waals surface area contributed by atoms with Crippen molar-refractivity contribution in [1.82, 2.24) is 14.7 Å². The molecule has 1 amide bonds. The molecule has 2 heterocycles. The molecule has 0 saturated heterocycles. The minimum Gasteiger partial charge on any atom is -0.467 e. The number of amides is 1. The van der Waals surface area contributed by atoms with Crippen molar-refractivity contribution < 1.29 is 9.21 Å². The molecule has 1 saturated carbocycles. The van der Waals surface area contributed by atoms with Crippen molar-refractivity contribution in [3.63, 3.8) is 0 Å². The molecule has 1 aliphatic rings. The van der Waals surface area contributed by atoms with Crippen LogP contribution in [-0.2, 0) is 6.54 Å². The number of halogens is 1. The van der Waals surface area contributed by atoms with Crippen LogP contribution in [0.2, 0.25) is 5.02 Å². The van der Waals surface area contributed by atoms with Crippen LogP contribution in [0.15, 0.2) is 47.2 Å². The van der Waals surface area contributed by atoms with E-state index in [1.54, 1.807) is 24.4 Å². The van der Waals surface area contributed by atoms with Crippen molar-refractivity contribution in [3.05, 3.63) is 70.4 Å². The zero-order valence-corrected chi connectivity index (χ0v) is 15.5. The van der Waals surface area contributed by atoms with Gasteiger partial charge in [-0.15, -0.1) is 0 Å². The van der Waals surface area contributed by atoms with Gasteiger partial charge in [0.2, 0.25) is 0 Å². The van der Waals surface area contributed by atoms with Crippen molar-refractivity contribution in [2.24, 2.45) is 0 Å². The van der Waals surface area contributed by atoms with Gasteiger partial charge in [0.05, 0.1) is 35.9 Å². The number of aryl methyl sites for hydroxylation is 1. The molecule has 4 rings (SSSR count). The second-order valence-electron chi connectivity index (χ2n) is 6.80. The fraction of sp³-hybridized carbons (Fsp3) is 0.300. The third kappa shape index (κ3) is 3.15. The molecule has 0 bridgehead atoms. The summed E-state index contributed by atoms with van der Waals surface area (Å²) in [5.74, 6) is 1.08. The standard InChI is InChI=1S/C20H20ClN3O2/c1-13-5-8-15(10-18(13)21)24-19(14-6-7-14)17(11-22-24)20(25)23(2)12-16-4-3-9-26-16/h3-5,8-11,14H,6-7,12H2,1-2H3. The third-order valence-corrected chi connectivity index (χ3v) is 5.13. The number of furan rings is 1. The van der Waals surface area contributed by atoms with E-state index in [1.165, 1.54) is 0 Å². The average Bonchev–Trinajstić information content (AvgIpc) is 3.16. The van der Waals surface area contributed by atoms with Gasteiger partial charge in [-0.25, -0.2) is 4.68 Å². The van der Waals surface area contributed by atoms with Crippen molar-refractivity contribution in [3.8, 4) is 5.69 Å². The van der Waals surface area contributed by atoms with Crippen LogP contribution in [0.1, 0.15) is 46.1 Å². The zero-order valence-electron chi connectivity index (χ0n) is 14.8. The average molecular weight is 370 g/mol. The molecular weight excluding hydrogens is 350 g/mol. The van der Waals surface area contributed by atoms with Gasteiger partial charge in [-0.2, -0.15) is 5.10 Å². The maximum absolute atomic E-state index is 13.0. The van der Waals surface area contributed by atoms with E-state index in [-0.39, 0.29) is 5.91 Å². The van der Waals surface area contributed by atoms with Crippen LogP contribution in [0.4, 0.5) is 0 Å². The fourth-order valence-electron chi connectivity index (χ4n) is 3.11. The maximum Gasteiger partial charge on any atom is 0.257 e. The smallest absolute Gasteiger partial charge is 0.257 e. The topological polar surface area (TPSA) is 51.3 Å². The van der Waals surface area contributed by atoms with E-state index in [4.69, 9.17) is 16.0 Å². The number of carbonyl (C=O) groups is 1. The Morgan fingerprint density at radius 2 is 2.19 bits per heavy atom. The highest BCUT2D eigenvalue weighted by Crippen LogP contribution is 2.43. The highest BCUT2D eigenvalue weighted by Gasteiger charge is 2.33. The Morgan fingerprint density at radius 3 is 2.85 bits per heavy atom.